The van der Waals surface area contributed by atoms with E-state index in [0.29, 0.717) is 16.3 Å². The van der Waals surface area contributed by atoms with Crippen LogP contribution in [0.15, 0.2) is 53.0 Å². The van der Waals surface area contributed by atoms with Crippen LogP contribution in [-0.2, 0) is 9.53 Å². The molecule has 0 aliphatic rings. The van der Waals surface area contributed by atoms with Crippen LogP contribution in [0.25, 0.3) is 5.69 Å². The highest BCUT2D eigenvalue weighted by Crippen LogP contribution is 2.31. The number of nitrogens with zero attached hydrogens (tertiary/aromatic N) is 1. The molecule has 1 N–H and O–H groups in total. The topological polar surface area (TPSA) is 60.3 Å². The van der Waals surface area contributed by atoms with E-state index in [-0.39, 0.29) is 0 Å². The summed E-state index contributed by atoms with van der Waals surface area (Å²) < 4.78 is 7.98. The summed E-state index contributed by atoms with van der Waals surface area (Å²) in [6, 6.07) is 14.6. The minimum Gasteiger partial charge on any atom is -0.452 e. The molecule has 7 heteroatoms. The van der Waals surface area contributed by atoms with Crippen LogP contribution in [0.3, 0.4) is 0 Å². The van der Waals surface area contributed by atoms with Gasteiger partial charge in [-0.2, -0.15) is 0 Å². The third-order valence-corrected chi connectivity index (χ3v) is 5.94. The number of halogens is 2. The van der Waals surface area contributed by atoms with Crippen LogP contribution in [-0.4, -0.2) is 23.1 Å². The van der Waals surface area contributed by atoms with Gasteiger partial charge in [0.15, 0.2) is 6.61 Å². The Morgan fingerprint density at radius 3 is 2.45 bits per heavy atom. The molecule has 1 amide bonds. The summed E-state index contributed by atoms with van der Waals surface area (Å²) in [6.07, 6.45) is 0. The lowest BCUT2D eigenvalue weighted by molar-refractivity contribution is -0.119. The van der Waals surface area contributed by atoms with Gasteiger partial charge >= 0.3 is 5.97 Å². The molecule has 0 saturated heterocycles. The zero-order valence-electron chi connectivity index (χ0n) is 16.3. The summed E-state index contributed by atoms with van der Waals surface area (Å²) in [5, 5.41) is 3.23. The second-order valence-corrected chi connectivity index (χ2v) is 7.89. The Balaban J connectivity index is 1.66. The van der Waals surface area contributed by atoms with Gasteiger partial charge in [0.25, 0.3) is 5.91 Å². The molecule has 0 unspecified atom stereocenters. The Morgan fingerprint density at radius 1 is 1.07 bits per heavy atom. The molecule has 1 aromatic heterocycles. The predicted molar refractivity (Wildman–Crippen MR) is 118 cm³/mol. The fourth-order valence-corrected chi connectivity index (χ4v) is 3.63. The first-order valence-electron chi connectivity index (χ1n) is 8.95. The number of hydrogen-bond acceptors (Lipinski definition) is 3. The number of anilines is 1. The van der Waals surface area contributed by atoms with Crippen molar-refractivity contribution < 1.29 is 14.3 Å². The molecule has 0 atom stereocenters. The molecule has 1 heterocycles. The fourth-order valence-electron chi connectivity index (χ4n) is 3.04. The van der Waals surface area contributed by atoms with Gasteiger partial charge in [-0.25, -0.2) is 4.79 Å². The molecule has 5 nitrogen and oxygen atoms in total. The molecule has 0 spiro atoms. The Bertz CT molecular complexity index is 1070. The van der Waals surface area contributed by atoms with Crippen molar-refractivity contribution in [3.05, 3.63) is 80.5 Å². The zero-order valence-corrected chi connectivity index (χ0v) is 18.6. The maximum Gasteiger partial charge on any atom is 0.338 e. The van der Waals surface area contributed by atoms with E-state index in [0.717, 1.165) is 27.1 Å². The Morgan fingerprint density at radius 2 is 1.76 bits per heavy atom. The number of amides is 1. The van der Waals surface area contributed by atoms with Crippen molar-refractivity contribution in [3.63, 3.8) is 0 Å². The number of benzene rings is 2. The second-order valence-electron chi connectivity index (χ2n) is 6.66. The number of aryl methyl sites for hydroxylation is 2. The molecule has 2 aromatic carbocycles. The van der Waals surface area contributed by atoms with Crippen molar-refractivity contribution in [1.82, 2.24) is 4.57 Å². The van der Waals surface area contributed by atoms with Gasteiger partial charge in [0.1, 0.15) is 0 Å². The summed E-state index contributed by atoms with van der Waals surface area (Å²) in [5.74, 6) is -0.997. The van der Waals surface area contributed by atoms with E-state index in [1.54, 1.807) is 37.3 Å². The quantitative estimate of drug-likeness (QED) is 0.488. The van der Waals surface area contributed by atoms with Crippen LogP contribution in [0, 0.1) is 20.8 Å². The minimum atomic E-state index is -0.560. The van der Waals surface area contributed by atoms with Gasteiger partial charge in [0.2, 0.25) is 0 Å². The normalized spacial score (nSPS) is 10.7. The van der Waals surface area contributed by atoms with Crippen molar-refractivity contribution in [2.45, 2.75) is 20.8 Å². The largest absolute Gasteiger partial charge is 0.452 e. The number of hydrogen-bond donors (Lipinski definition) is 1. The van der Waals surface area contributed by atoms with Crippen LogP contribution in [0.2, 0.25) is 5.02 Å². The lowest BCUT2D eigenvalue weighted by atomic mass is 10.2. The Labute approximate surface area is 182 Å². The molecule has 0 radical (unpaired) electrons. The molecule has 3 rings (SSSR count). The summed E-state index contributed by atoms with van der Waals surface area (Å²) in [6.45, 7) is 5.40. The van der Waals surface area contributed by atoms with Gasteiger partial charge in [-0.15, -0.1) is 0 Å². The summed E-state index contributed by atoms with van der Waals surface area (Å²) in [7, 11) is 0. The van der Waals surface area contributed by atoms with Crippen molar-refractivity contribution in [1.29, 1.82) is 0 Å². The molecule has 0 fully saturated rings. The highest BCUT2D eigenvalue weighted by Gasteiger charge is 2.14. The predicted octanol–water partition coefficient (Wildman–Crippen LogP) is 5.61. The van der Waals surface area contributed by atoms with Crippen molar-refractivity contribution in [2.75, 3.05) is 11.9 Å². The Hall–Kier alpha value is -2.57. The number of aromatic nitrogens is 1. The summed E-state index contributed by atoms with van der Waals surface area (Å²) in [5.41, 5.74) is 4.67. The zero-order chi connectivity index (χ0) is 21.1. The molecule has 3 aromatic rings. The van der Waals surface area contributed by atoms with E-state index in [9.17, 15) is 9.59 Å². The number of rotatable bonds is 5. The van der Waals surface area contributed by atoms with Crippen molar-refractivity contribution in [2.24, 2.45) is 0 Å². The first-order chi connectivity index (χ1) is 13.8. The standard InChI is InChI=1S/C22H20BrClN2O3/c1-13-7-8-14(2)26(13)17-6-4-5-16(11-17)22(28)29-12-20(27)25-19-10-9-18(23)21(24)15(19)3/h4-11H,12H2,1-3H3,(H,25,27). The van der Waals surface area contributed by atoms with Gasteiger partial charge in [0, 0.05) is 27.2 Å². The first kappa shape index (κ1) is 21.1. The molecule has 0 saturated carbocycles. The maximum atomic E-state index is 12.4. The second kappa shape index (κ2) is 8.84. The van der Waals surface area contributed by atoms with Gasteiger partial charge < -0.3 is 14.6 Å². The number of ether oxygens (including phenoxy) is 1. The minimum absolute atomic E-state index is 0.380. The number of carbonyl (C=O) groups is 2. The maximum absolute atomic E-state index is 12.4. The molecule has 0 aliphatic carbocycles. The van der Waals surface area contributed by atoms with Crippen molar-refractivity contribution >= 4 is 45.1 Å². The van der Waals surface area contributed by atoms with Crippen LogP contribution >= 0.6 is 27.5 Å². The van der Waals surface area contributed by atoms with E-state index in [4.69, 9.17) is 16.3 Å². The number of carbonyl (C=O) groups excluding carboxylic acids is 2. The third kappa shape index (κ3) is 4.71. The van der Waals surface area contributed by atoms with Gasteiger partial charge in [0.05, 0.1) is 10.6 Å². The third-order valence-electron chi connectivity index (χ3n) is 4.56. The molecular weight excluding hydrogens is 456 g/mol. The SMILES string of the molecule is Cc1c(NC(=O)COC(=O)c2cccc(-n3c(C)ccc3C)c2)ccc(Br)c1Cl. The molecule has 0 bridgehead atoms. The van der Waals surface area contributed by atoms with E-state index >= 15 is 0 Å². The van der Waals surface area contributed by atoms with Crippen LogP contribution < -0.4 is 5.32 Å². The van der Waals surface area contributed by atoms with Gasteiger partial charge in [-0.3, -0.25) is 4.79 Å². The molecule has 0 aliphatic heterocycles. The number of nitrogens with one attached hydrogen (secondary N) is 1. The molecule has 29 heavy (non-hydrogen) atoms. The molecule has 150 valence electrons. The lowest BCUT2D eigenvalue weighted by Crippen LogP contribution is -2.21. The Kier molecular flexibility index (Phi) is 6.45. The molecular formula is C22H20BrClN2O3. The highest BCUT2D eigenvalue weighted by atomic mass is 79.9. The summed E-state index contributed by atoms with van der Waals surface area (Å²) >= 11 is 9.50. The summed E-state index contributed by atoms with van der Waals surface area (Å²) in [4.78, 5) is 24.6. The van der Waals surface area contributed by atoms with E-state index in [1.807, 2.05) is 36.6 Å². The fraction of sp³-hybridized carbons (Fsp3) is 0.182. The van der Waals surface area contributed by atoms with Crippen LogP contribution in [0.5, 0.6) is 0 Å². The van der Waals surface area contributed by atoms with Gasteiger partial charge in [-0.05, 0) is 84.7 Å². The van der Waals surface area contributed by atoms with Crippen LogP contribution in [0.4, 0.5) is 5.69 Å². The van der Waals surface area contributed by atoms with E-state index in [1.165, 1.54) is 0 Å². The van der Waals surface area contributed by atoms with Crippen LogP contribution in [0.1, 0.15) is 27.3 Å². The smallest absolute Gasteiger partial charge is 0.338 e. The first-order valence-corrected chi connectivity index (χ1v) is 10.1. The van der Waals surface area contributed by atoms with Gasteiger partial charge in [-0.1, -0.05) is 17.7 Å². The lowest BCUT2D eigenvalue weighted by Gasteiger charge is -2.12. The van der Waals surface area contributed by atoms with Crippen molar-refractivity contribution in [3.8, 4) is 5.69 Å². The highest BCUT2D eigenvalue weighted by molar-refractivity contribution is 9.10. The average Bonchev–Trinajstić information content (AvgIpc) is 3.05. The average molecular weight is 476 g/mol. The van der Waals surface area contributed by atoms with E-state index in [2.05, 4.69) is 21.2 Å². The monoisotopic (exact) mass is 474 g/mol. The van der Waals surface area contributed by atoms with E-state index < -0.39 is 18.5 Å². The number of esters is 1.